The van der Waals surface area contributed by atoms with E-state index in [0.29, 0.717) is 117 Å². The lowest BCUT2D eigenvalue weighted by atomic mass is 10.0. The largest absolute Gasteiger partial charge is 0.505 e. The van der Waals surface area contributed by atoms with Gasteiger partial charge in [-0.25, -0.2) is 29.9 Å². The molecular formula is C54H78N6O21. The van der Waals surface area contributed by atoms with Gasteiger partial charge in [0.05, 0.1) is 99.1 Å². The molecule has 81 heavy (non-hydrogen) atoms. The van der Waals surface area contributed by atoms with Crippen LogP contribution in [0.2, 0.25) is 0 Å². The van der Waals surface area contributed by atoms with Crippen molar-refractivity contribution in [3.05, 3.63) is 53.5 Å². The monoisotopic (exact) mass is 1150 g/mol. The normalized spacial score (nSPS) is 18.9. The van der Waals surface area contributed by atoms with E-state index < -0.39 is 16.6 Å². The van der Waals surface area contributed by atoms with Crippen molar-refractivity contribution in [3.8, 4) is 34.9 Å². The minimum Gasteiger partial charge on any atom is -0.505 e. The van der Waals surface area contributed by atoms with Crippen molar-refractivity contribution in [3.63, 3.8) is 0 Å². The number of rotatable bonds is 36. The third-order valence-corrected chi connectivity index (χ3v) is 11.8. The minimum absolute atomic E-state index is 0.0987. The molecule has 3 N–H and O–H groups in total. The first-order valence-corrected chi connectivity index (χ1v) is 26.0. The number of carbonyl (C=O) groups excluding carboxylic acids is 3. The summed E-state index contributed by atoms with van der Waals surface area (Å²) in [7, 11) is 4.86. The lowest BCUT2D eigenvalue weighted by molar-refractivity contribution is -0.122. The lowest BCUT2D eigenvalue weighted by Crippen LogP contribution is -2.32. The maximum atomic E-state index is 11.7. The van der Waals surface area contributed by atoms with E-state index in [1.54, 1.807) is 42.1 Å². The Morgan fingerprint density at radius 2 is 0.617 bits per heavy atom. The summed E-state index contributed by atoms with van der Waals surface area (Å²) in [5.74, 6) is 0.616. The second-order valence-electron chi connectivity index (χ2n) is 18.4. The van der Waals surface area contributed by atoms with Crippen molar-refractivity contribution in [1.29, 1.82) is 0 Å². The zero-order valence-electron chi connectivity index (χ0n) is 47.7. The molecular weight excluding hydrogens is 1070 g/mol. The maximum absolute atomic E-state index is 11.7. The Balaban J connectivity index is 0.000000261. The molecule has 0 radical (unpaired) electrons. The van der Waals surface area contributed by atoms with Gasteiger partial charge in [0.2, 0.25) is 35.3 Å². The number of ether oxygens (including phenoxy) is 15. The van der Waals surface area contributed by atoms with Gasteiger partial charge in [0.25, 0.3) is 0 Å². The van der Waals surface area contributed by atoms with E-state index in [9.17, 15) is 29.7 Å². The number of aromatic nitrogens is 3. The van der Waals surface area contributed by atoms with Gasteiger partial charge in [0.15, 0.2) is 51.0 Å². The Bertz CT molecular complexity index is 2270. The number of Topliss-reactive ketones (excluding diaryl/α,β-unsaturated/α-hetero) is 3. The van der Waals surface area contributed by atoms with Crippen LogP contribution in [0.25, 0.3) is 0 Å². The Kier molecular flexibility index (Phi) is 29.1. The number of aliphatic imine (C=N–C) groups is 3. The van der Waals surface area contributed by atoms with E-state index in [1.165, 1.54) is 57.2 Å². The predicted octanol–water partition coefficient (Wildman–Crippen LogP) is 2.91. The van der Waals surface area contributed by atoms with Gasteiger partial charge in [-0.1, -0.05) is 0 Å². The molecule has 27 heteroatoms. The summed E-state index contributed by atoms with van der Waals surface area (Å²) in [6.07, 6.45) is 0. The molecule has 0 aliphatic carbocycles. The number of ketones is 3. The molecule has 450 valence electrons. The number of pyridine rings is 3. The highest BCUT2D eigenvalue weighted by Gasteiger charge is 2.40. The van der Waals surface area contributed by atoms with Crippen molar-refractivity contribution in [2.24, 2.45) is 15.0 Å². The van der Waals surface area contributed by atoms with Gasteiger partial charge in [0.1, 0.15) is 56.9 Å². The molecule has 0 aromatic carbocycles. The molecule has 0 unspecified atom stereocenters. The van der Waals surface area contributed by atoms with E-state index >= 15 is 0 Å². The summed E-state index contributed by atoms with van der Waals surface area (Å²) >= 11 is 0. The van der Waals surface area contributed by atoms with Crippen molar-refractivity contribution in [2.45, 2.75) is 58.2 Å². The molecule has 0 fully saturated rings. The minimum atomic E-state index is -0.959. The number of carbonyl (C=O) groups is 3. The quantitative estimate of drug-likeness (QED) is 0.0705. The average Bonchev–Trinajstić information content (AvgIpc) is 4.19. The van der Waals surface area contributed by atoms with Crippen LogP contribution in [0.4, 0.5) is 0 Å². The van der Waals surface area contributed by atoms with Crippen LogP contribution in [0.1, 0.15) is 58.6 Å². The smallest absolute Gasteiger partial charge is 0.240 e. The lowest BCUT2D eigenvalue weighted by Gasteiger charge is -2.12. The van der Waals surface area contributed by atoms with Crippen LogP contribution in [-0.2, 0) is 71.2 Å². The summed E-state index contributed by atoms with van der Waals surface area (Å²) in [4.78, 5) is 60.4. The van der Waals surface area contributed by atoms with Gasteiger partial charge in [-0.3, -0.25) is 14.4 Å². The first-order chi connectivity index (χ1) is 38.9. The predicted molar refractivity (Wildman–Crippen MR) is 289 cm³/mol. The number of methoxy groups -OCH3 is 3. The van der Waals surface area contributed by atoms with Gasteiger partial charge >= 0.3 is 0 Å². The van der Waals surface area contributed by atoms with Crippen LogP contribution in [0.3, 0.4) is 0 Å². The fourth-order valence-corrected chi connectivity index (χ4v) is 6.42. The van der Waals surface area contributed by atoms with Crippen LogP contribution in [0, 0.1) is 0 Å². The molecule has 0 amide bonds. The highest BCUT2D eigenvalue weighted by Crippen LogP contribution is 2.30. The van der Waals surface area contributed by atoms with Crippen LogP contribution in [-0.4, -0.2) is 242 Å². The van der Waals surface area contributed by atoms with E-state index in [1.807, 2.05) is 0 Å². The highest BCUT2D eigenvalue weighted by molar-refractivity contribution is 6.02. The van der Waals surface area contributed by atoms with Gasteiger partial charge in [-0.2, -0.15) is 0 Å². The molecule has 3 aromatic rings. The van der Waals surface area contributed by atoms with Gasteiger partial charge in [-0.05, 0) is 59.7 Å². The van der Waals surface area contributed by atoms with E-state index in [-0.39, 0.29) is 109 Å². The van der Waals surface area contributed by atoms with Crippen LogP contribution in [0.15, 0.2) is 51.4 Å². The summed E-state index contributed by atoms with van der Waals surface area (Å²) < 4.78 is 79.5. The molecule has 0 spiro atoms. The Hall–Kier alpha value is -6.69. The molecule has 0 saturated heterocycles. The molecule has 27 nitrogen and oxygen atoms in total. The van der Waals surface area contributed by atoms with Crippen molar-refractivity contribution in [1.82, 2.24) is 15.0 Å². The maximum Gasteiger partial charge on any atom is 0.240 e. The van der Waals surface area contributed by atoms with Crippen LogP contribution in [0.5, 0.6) is 34.9 Å². The highest BCUT2D eigenvalue weighted by atomic mass is 16.6. The number of hydrogen-bond acceptors (Lipinski definition) is 27. The zero-order valence-corrected chi connectivity index (χ0v) is 47.7. The Morgan fingerprint density at radius 3 is 0.827 bits per heavy atom. The fourth-order valence-electron chi connectivity index (χ4n) is 6.42. The molecule has 6 rings (SSSR count). The molecule has 3 aliphatic heterocycles. The van der Waals surface area contributed by atoms with Crippen molar-refractivity contribution < 1.29 is 101 Å². The topological polar surface area (TPSA) is 326 Å². The third-order valence-electron chi connectivity index (χ3n) is 11.8. The number of aromatic hydroxyl groups is 3. The summed E-state index contributed by atoms with van der Waals surface area (Å²) in [6, 6.07) is 8.93. The van der Waals surface area contributed by atoms with Gasteiger partial charge in [0, 0.05) is 39.5 Å². The van der Waals surface area contributed by atoms with E-state index in [2.05, 4.69) is 29.9 Å². The van der Waals surface area contributed by atoms with Crippen molar-refractivity contribution >= 4 is 35.0 Å². The van der Waals surface area contributed by atoms with E-state index in [4.69, 9.17) is 71.1 Å². The summed E-state index contributed by atoms with van der Waals surface area (Å²) in [6.45, 7) is 17.8. The zero-order chi connectivity index (χ0) is 59.1. The summed E-state index contributed by atoms with van der Waals surface area (Å²) in [5, 5.41) is 30.1. The molecule has 3 atom stereocenters. The third kappa shape index (κ3) is 22.6. The van der Waals surface area contributed by atoms with Gasteiger partial charge < -0.3 is 86.4 Å². The molecule has 3 aliphatic rings. The second-order valence-corrected chi connectivity index (χ2v) is 18.4. The number of hydrogen-bond donors (Lipinski definition) is 3. The Morgan fingerprint density at radius 1 is 0.395 bits per heavy atom. The van der Waals surface area contributed by atoms with Crippen LogP contribution >= 0.6 is 0 Å². The standard InChI is InChI=1S/3C18H26N2O7/c3*1-13(21)18(2)12-27-17(20-18)16-14(22)4-5-15(19-16)26-11-10-25-9-8-24-7-6-23-3/h3*4-5,22H,6-12H2,1-3H3/t3*18-/m111/s1. The van der Waals surface area contributed by atoms with Crippen LogP contribution < -0.4 is 14.2 Å². The first-order valence-electron chi connectivity index (χ1n) is 26.0. The van der Waals surface area contributed by atoms with Crippen molar-refractivity contribution in [2.75, 3.05) is 160 Å². The SMILES string of the molecule is COCCOCCOCCOc1ccc(O)c(C2=N[C@@](C)(C(C)=O)CO2)n1.COCCOCCOCCOc1ccc(O)c(C2=N[C@@](C)(C(C)=O)CO2)n1.COCCOCCOCCOc1ccc(O)c(C2=N[C@@](C)(C(C)=O)CO2)n1. The molecule has 0 saturated carbocycles. The summed E-state index contributed by atoms with van der Waals surface area (Å²) in [5.41, 5.74) is -2.45. The molecule has 3 aromatic heterocycles. The fraction of sp³-hybridized carbons (Fsp3) is 0.611. The Labute approximate surface area is 471 Å². The van der Waals surface area contributed by atoms with Gasteiger partial charge in [-0.15, -0.1) is 0 Å². The molecule has 6 heterocycles. The number of nitrogens with zero attached hydrogens (tertiary/aromatic N) is 6. The first kappa shape index (κ1) is 66.8. The molecule has 0 bridgehead atoms. The average molecular weight is 1150 g/mol. The van der Waals surface area contributed by atoms with E-state index in [0.717, 1.165) is 0 Å². The second kappa shape index (κ2) is 35.2.